The van der Waals surface area contributed by atoms with Crippen LogP contribution in [-0.4, -0.2) is 29.3 Å². The van der Waals surface area contributed by atoms with Gasteiger partial charge >= 0.3 is 6.03 Å². The summed E-state index contributed by atoms with van der Waals surface area (Å²) in [4.78, 5) is 37.9. The number of carbonyl (C=O) groups is 3. The van der Waals surface area contributed by atoms with Crippen LogP contribution in [0.25, 0.3) is 0 Å². The molecule has 1 unspecified atom stereocenters. The summed E-state index contributed by atoms with van der Waals surface area (Å²) in [5, 5.41) is 14.1. The largest absolute Gasteiger partial charge is 0.467 e. The number of hydrogen-bond donors (Lipinski definition) is 2. The van der Waals surface area contributed by atoms with Crippen molar-refractivity contribution >= 4 is 17.8 Å². The van der Waals surface area contributed by atoms with Gasteiger partial charge in [0.2, 0.25) is 5.91 Å². The second-order valence-electron chi connectivity index (χ2n) is 5.99. The Balaban J connectivity index is 1.69. The van der Waals surface area contributed by atoms with Crippen molar-refractivity contribution < 1.29 is 18.8 Å². The number of urea groups is 1. The number of furan rings is 1. The topological polar surface area (TPSA) is 115 Å². The third kappa shape index (κ3) is 3.15. The number of nitrogens with one attached hydrogen (secondary N) is 2. The van der Waals surface area contributed by atoms with E-state index in [0.717, 1.165) is 4.90 Å². The number of hydrogen-bond acceptors (Lipinski definition) is 5. The zero-order valence-electron chi connectivity index (χ0n) is 14.0. The maximum atomic E-state index is 12.7. The highest BCUT2D eigenvalue weighted by atomic mass is 16.3. The zero-order chi connectivity index (χ0) is 18.7. The van der Waals surface area contributed by atoms with Crippen LogP contribution in [0, 0.1) is 11.3 Å². The number of nitriles is 1. The van der Waals surface area contributed by atoms with Crippen LogP contribution in [0.4, 0.5) is 4.79 Å². The molecule has 0 radical (unpaired) electrons. The van der Waals surface area contributed by atoms with Crippen molar-refractivity contribution in [1.29, 1.82) is 5.26 Å². The van der Waals surface area contributed by atoms with Gasteiger partial charge in [0.15, 0.2) is 0 Å². The van der Waals surface area contributed by atoms with Gasteiger partial charge < -0.3 is 15.1 Å². The van der Waals surface area contributed by atoms with Crippen LogP contribution in [-0.2, 0) is 21.7 Å². The van der Waals surface area contributed by atoms with E-state index in [2.05, 4.69) is 10.6 Å². The number of imide groups is 1. The molecule has 1 aromatic heterocycles. The Bertz CT molecular complexity index is 883. The summed E-state index contributed by atoms with van der Waals surface area (Å²) < 4.78 is 5.11. The number of nitrogens with zero attached hydrogens (tertiary/aromatic N) is 2. The summed E-state index contributed by atoms with van der Waals surface area (Å²) in [6.07, 6.45) is 1.49. The van der Waals surface area contributed by atoms with Crippen molar-refractivity contribution in [3.63, 3.8) is 0 Å². The molecular formula is C18H16N4O4. The molecule has 1 saturated heterocycles. The Morgan fingerprint density at radius 2 is 2.04 bits per heavy atom. The quantitative estimate of drug-likeness (QED) is 0.786. The van der Waals surface area contributed by atoms with Crippen molar-refractivity contribution in [2.45, 2.75) is 19.0 Å². The molecule has 4 amide bonds. The monoisotopic (exact) mass is 352 g/mol. The molecule has 2 N–H and O–H groups in total. The summed E-state index contributed by atoms with van der Waals surface area (Å²) in [6, 6.07) is 11.1. The zero-order valence-corrected chi connectivity index (χ0v) is 14.0. The molecule has 1 aromatic carbocycles. The van der Waals surface area contributed by atoms with Crippen LogP contribution in [0.5, 0.6) is 0 Å². The standard InChI is InChI=1S/C18H16N4O4/c1-18(13-6-4-12(9-19)5-7-13)16(24)22(17(25)21-18)11-15(23)20-10-14-3-2-8-26-14/h2-8H,10-11H2,1H3,(H,20,23)(H,21,25). The second kappa shape index (κ2) is 6.72. The van der Waals surface area contributed by atoms with Gasteiger partial charge in [-0.05, 0) is 36.8 Å². The van der Waals surface area contributed by atoms with E-state index in [9.17, 15) is 14.4 Å². The lowest BCUT2D eigenvalue weighted by atomic mass is 9.91. The number of rotatable bonds is 5. The van der Waals surface area contributed by atoms with Gasteiger partial charge in [-0.15, -0.1) is 0 Å². The van der Waals surface area contributed by atoms with Crippen molar-refractivity contribution in [2.75, 3.05) is 6.54 Å². The number of benzene rings is 1. The lowest BCUT2D eigenvalue weighted by molar-refractivity contribution is -0.134. The number of carbonyl (C=O) groups excluding carboxylic acids is 3. The summed E-state index contributed by atoms with van der Waals surface area (Å²) in [7, 11) is 0. The minimum Gasteiger partial charge on any atom is -0.467 e. The third-order valence-electron chi connectivity index (χ3n) is 4.21. The van der Waals surface area contributed by atoms with E-state index >= 15 is 0 Å². The predicted molar refractivity (Wildman–Crippen MR) is 89.3 cm³/mol. The van der Waals surface area contributed by atoms with E-state index < -0.39 is 29.9 Å². The van der Waals surface area contributed by atoms with Crippen LogP contribution in [0.2, 0.25) is 0 Å². The van der Waals surface area contributed by atoms with Gasteiger partial charge in [-0.1, -0.05) is 12.1 Å². The van der Waals surface area contributed by atoms with Crippen LogP contribution in [0.3, 0.4) is 0 Å². The van der Waals surface area contributed by atoms with Crippen molar-refractivity contribution in [1.82, 2.24) is 15.5 Å². The molecule has 1 aliphatic rings. The minimum absolute atomic E-state index is 0.169. The van der Waals surface area contributed by atoms with Crippen LogP contribution < -0.4 is 10.6 Å². The molecule has 1 fully saturated rings. The minimum atomic E-state index is -1.29. The first-order valence-corrected chi connectivity index (χ1v) is 7.88. The first-order valence-electron chi connectivity index (χ1n) is 7.88. The Morgan fingerprint density at radius 1 is 1.31 bits per heavy atom. The molecule has 3 rings (SSSR count). The molecule has 0 spiro atoms. The Labute approximate surface area is 149 Å². The normalized spacial score (nSPS) is 19.2. The molecule has 2 aromatic rings. The number of amides is 4. The molecule has 26 heavy (non-hydrogen) atoms. The van der Waals surface area contributed by atoms with Crippen molar-refractivity contribution in [2.24, 2.45) is 0 Å². The molecule has 0 bridgehead atoms. The molecule has 0 aliphatic carbocycles. The Morgan fingerprint density at radius 3 is 2.65 bits per heavy atom. The van der Waals surface area contributed by atoms with E-state index in [0.29, 0.717) is 16.9 Å². The molecule has 8 heteroatoms. The van der Waals surface area contributed by atoms with E-state index in [1.54, 1.807) is 43.3 Å². The molecule has 2 heterocycles. The predicted octanol–water partition coefficient (Wildman–Crippen LogP) is 1.23. The van der Waals surface area contributed by atoms with Gasteiger partial charge in [-0.25, -0.2) is 4.79 Å². The van der Waals surface area contributed by atoms with E-state index in [4.69, 9.17) is 9.68 Å². The summed E-state index contributed by atoms with van der Waals surface area (Å²) in [6.45, 7) is 1.34. The maximum Gasteiger partial charge on any atom is 0.325 e. The first-order chi connectivity index (χ1) is 12.4. The molecule has 8 nitrogen and oxygen atoms in total. The van der Waals surface area contributed by atoms with E-state index in [-0.39, 0.29) is 6.54 Å². The SMILES string of the molecule is CC1(c2ccc(C#N)cc2)NC(=O)N(CC(=O)NCc2ccco2)C1=O. The highest BCUT2D eigenvalue weighted by Gasteiger charge is 2.49. The average molecular weight is 352 g/mol. The van der Waals surface area contributed by atoms with Gasteiger partial charge in [0.25, 0.3) is 5.91 Å². The van der Waals surface area contributed by atoms with Crippen molar-refractivity contribution in [3.05, 3.63) is 59.5 Å². The molecular weight excluding hydrogens is 336 g/mol. The lowest BCUT2D eigenvalue weighted by Crippen LogP contribution is -2.43. The summed E-state index contributed by atoms with van der Waals surface area (Å²) in [5.74, 6) is -0.438. The fourth-order valence-corrected chi connectivity index (χ4v) is 2.71. The first kappa shape index (κ1) is 17.2. The van der Waals surface area contributed by atoms with Crippen LogP contribution in [0.1, 0.15) is 23.8 Å². The van der Waals surface area contributed by atoms with Gasteiger partial charge in [0.05, 0.1) is 24.4 Å². The van der Waals surface area contributed by atoms with Gasteiger partial charge in [-0.3, -0.25) is 14.5 Å². The molecule has 132 valence electrons. The second-order valence-corrected chi connectivity index (χ2v) is 5.99. The van der Waals surface area contributed by atoms with Gasteiger partial charge in [0.1, 0.15) is 17.8 Å². The molecule has 0 saturated carbocycles. The lowest BCUT2D eigenvalue weighted by Gasteiger charge is -2.22. The average Bonchev–Trinajstić information content (AvgIpc) is 3.23. The van der Waals surface area contributed by atoms with E-state index in [1.807, 2.05) is 6.07 Å². The summed E-state index contributed by atoms with van der Waals surface area (Å²) >= 11 is 0. The van der Waals surface area contributed by atoms with Crippen molar-refractivity contribution in [3.8, 4) is 6.07 Å². The fourth-order valence-electron chi connectivity index (χ4n) is 2.71. The molecule has 1 aliphatic heterocycles. The van der Waals surface area contributed by atoms with E-state index in [1.165, 1.54) is 6.26 Å². The highest BCUT2D eigenvalue weighted by Crippen LogP contribution is 2.28. The highest BCUT2D eigenvalue weighted by molar-refractivity contribution is 6.09. The Hall–Kier alpha value is -3.60. The van der Waals surface area contributed by atoms with Gasteiger partial charge in [-0.2, -0.15) is 5.26 Å². The third-order valence-corrected chi connectivity index (χ3v) is 4.21. The smallest absolute Gasteiger partial charge is 0.325 e. The maximum absolute atomic E-state index is 12.7. The summed E-state index contributed by atoms with van der Waals surface area (Å²) in [5.41, 5.74) is -0.302. The van der Waals surface area contributed by atoms with Crippen LogP contribution in [0.15, 0.2) is 47.1 Å². The fraction of sp³-hybridized carbons (Fsp3) is 0.222. The Kier molecular flexibility index (Phi) is 4.45. The van der Waals surface area contributed by atoms with Gasteiger partial charge in [0, 0.05) is 0 Å². The molecule has 1 atom stereocenters. The van der Waals surface area contributed by atoms with Crippen LogP contribution >= 0.6 is 0 Å².